The molecule has 3 N–H and O–H groups in total. The molecule has 5 heteroatoms. The Labute approximate surface area is 102 Å². The van der Waals surface area contributed by atoms with E-state index in [1.807, 2.05) is 26.8 Å². The molecule has 0 aromatic carbocycles. The first-order valence-electron chi connectivity index (χ1n) is 5.63. The fourth-order valence-electron chi connectivity index (χ4n) is 1.52. The van der Waals surface area contributed by atoms with Crippen molar-refractivity contribution in [2.24, 2.45) is 0 Å². The molecule has 17 heavy (non-hydrogen) atoms. The largest absolute Gasteiger partial charge is 0.396 e. The van der Waals surface area contributed by atoms with Gasteiger partial charge in [-0.25, -0.2) is 4.98 Å². The second-order valence-corrected chi connectivity index (χ2v) is 4.44. The Kier molecular flexibility index (Phi) is 4.31. The highest BCUT2D eigenvalue weighted by atomic mass is 16.2. The van der Waals surface area contributed by atoms with Crippen LogP contribution in [0.3, 0.4) is 0 Å². The van der Waals surface area contributed by atoms with Gasteiger partial charge in [-0.3, -0.25) is 4.79 Å². The third-order valence-electron chi connectivity index (χ3n) is 2.38. The second-order valence-electron chi connectivity index (χ2n) is 4.44. The number of nitrogens with zero attached hydrogens (tertiary/aromatic N) is 2. The van der Waals surface area contributed by atoms with Crippen LogP contribution < -0.4 is 16.0 Å². The van der Waals surface area contributed by atoms with E-state index in [0.717, 1.165) is 5.56 Å². The lowest BCUT2D eigenvalue weighted by Gasteiger charge is -2.20. The number of nitrogens with two attached hydrogens (primary N) is 1. The molecule has 1 aromatic heterocycles. The first-order chi connectivity index (χ1) is 7.91. The minimum Gasteiger partial charge on any atom is -0.396 e. The lowest BCUT2D eigenvalue weighted by atomic mass is 10.2. The van der Waals surface area contributed by atoms with Crippen LogP contribution in [-0.4, -0.2) is 30.5 Å². The lowest BCUT2D eigenvalue weighted by Crippen LogP contribution is -2.39. The Bertz CT molecular complexity index is 403. The Morgan fingerprint density at radius 1 is 1.59 bits per heavy atom. The van der Waals surface area contributed by atoms with Gasteiger partial charge in [0.15, 0.2) is 5.82 Å². The molecule has 0 bridgehead atoms. The van der Waals surface area contributed by atoms with Crippen molar-refractivity contribution >= 4 is 17.4 Å². The van der Waals surface area contributed by atoms with Gasteiger partial charge in [0.05, 0.1) is 12.2 Å². The molecule has 5 nitrogen and oxygen atoms in total. The van der Waals surface area contributed by atoms with E-state index in [9.17, 15) is 4.79 Å². The molecule has 1 amide bonds. The molecule has 1 aromatic rings. The van der Waals surface area contributed by atoms with Gasteiger partial charge in [0, 0.05) is 19.3 Å². The number of anilines is 2. The number of hydrogen-bond donors (Lipinski definition) is 2. The van der Waals surface area contributed by atoms with Gasteiger partial charge in [0.25, 0.3) is 0 Å². The molecule has 1 heterocycles. The number of aryl methyl sites for hydroxylation is 1. The summed E-state index contributed by atoms with van der Waals surface area (Å²) < 4.78 is 0. The Hall–Kier alpha value is -1.78. The third-order valence-corrected chi connectivity index (χ3v) is 2.38. The fourth-order valence-corrected chi connectivity index (χ4v) is 1.52. The van der Waals surface area contributed by atoms with E-state index in [1.54, 1.807) is 18.1 Å². The number of pyridine rings is 1. The summed E-state index contributed by atoms with van der Waals surface area (Å²) in [5, 5.41) is 2.83. The Morgan fingerprint density at radius 2 is 2.24 bits per heavy atom. The summed E-state index contributed by atoms with van der Waals surface area (Å²) in [4.78, 5) is 17.6. The van der Waals surface area contributed by atoms with Crippen LogP contribution in [0.4, 0.5) is 11.5 Å². The van der Waals surface area contributed by atoms with Gasteiger partial charge in [-0.2, -0.15) is 0 Å². The van der Waals surface area contributed by atoms with Crippen LogP contribution in [0.25, 0.3) is 0 Å². The number of amides is 1. The van der Waals surface area contributed by atoms with E-state index in [4.69, 9.17) is 5.73 Å². The van der Waals surface area contributed by atoms with Gasteiger partial charge >= 0.3 is 0 Å². The number of nitrogens with one attached hydrogen (secondary N) is 1. The van der Waals surface area contributed by atoms with Crippen LogP contribution in [0.1, 0.15) is 19.4 Å². The second kappa shape index (κ2) is 5.52. The maximum atomic E-state index is 11.6. The summed E-state index contributed by atoms with van der Waals surface area (Å²) in [7, 11) is 1.80. The van der Waals surface area contributed by atoms with Gasteiger partial charge < -0.3 is 16.0 Å². The molecule has 0 saturated heterocycles. The summed E-state index contributed by atoms with van der Waals surface area (Å²) in [5.41, 5.74) is 7.51. The molecule has 0 atom stereocenters. The van der Waals surface area contributed by atoms with Crippen molar-refractivity contribution in [2.75, 3.05) is 24.2 Å². The zero-order valence-corrected chi connectivity index (χ0v) is 10.8. The molecular formula is C12H20N4O. The maximum Gasteiger partial charge on any atom is 0.239 e. The maximum absolute atomic E-state index is 11.6. The first-order valence-corrected chi connectivity index (χ1v) is 5.63. The normalized spacial score (nSPS) is 10.4. The van der Waals surface area contributed by atoms with Crippen molar-refractivity contribution in [2.45, 2.75) is 26.8 Å². The van der Waals surface area contributed by atoms with Crippen molar-refractivity contribution in [3.63, 3.8) is 0 Å². The molecule has 0 spiro atoms. The Balaban J connectivity index is 2.73. The quantitative estimate of drug-likeness (QED) is 0.816. The minimum absolute atomic E-state index is 0.0368. The van der Waals surface area contributed by atoms with E-state index in [1.165, 1.54) is 0 Å². The number of carbonyl (C=O) groups excluding carboxylic acids is 1. The zero-order valence-electron chi connectivity index (χ0n) is 10.8. The fraction of sp³-hybridized carbons (Fsp3) is 0.500. The van der Waals surface area contributed by atoms with Crippen LogP contribution in [0, 0.1) is 6.92 Å². The molecule has 0 fully saturated rings. The molecule has 0 aliphatic rings. The van der Waals surface area contributed by atoms with Gasteiger partial charge in [-0.15, -0.1) is 0 Å². The SMILES string of the molecule is Cc1ccnc(N(C)CC(=O)NC(C)C)c1N. The number of rotatable bonds is 4. The highest BCUT2D eigenvalue weighted by Crippen LogP contribution is 2.21. The van der Waals surface area contributed by atoms with Gasteiger partial charge in [-0.05, 0) is 32.4 Å². The minimum atomic E-state index is -0.0368. The van der Waals surface area contributed by atoms with E-state index < -0.39 is 0 Å². The number of carbonyl (C=O) groups is 1. The average Bonchev–Trinajstić information content (AvgIpc) is 2.20. The number of aromatic nitrogens is 1. The van der Waals surface area contributed by atoms with E-state index in [0.29, 0.717) is 11.5 Å². The number of nitrogen functional groups attached to an aromatic ring is 1. The van der Waals surface area contributed by atoms with Gasteiger partial charge in [-0.1, -0.05) is 0 Å². The molecule has 0 radical (unpaired) electrons. The standard InChI is InChI=1S/C12H20N4O/c1-8(2)15-10(17)7-16(4)12-11(13)9(3)5-6-14-12/h5-6,8H,7,13H2,1-4H3,(H,15,17). The highest BCUT2D eigenvalue weighted by molar-refractivity contribution is 5.82. The van der Waals surface area contributed by atoms with Crippen molar-refractivity contribution in [1.29, 1.82) is 0 Å². The van der Waals surface area contributed by atoms with Crippen molar-refractivity contribution in [3.05, 3.63) is 17.8 Å². The molecule has 1 rings (SSSR count). The topological polar surface area (TPSA) is 71.2 Å². The molecular weight excluding hydrogens is 216 g/mol. The lowest BCUT2D eigenvalue weighted by molar-refractivity contribution is -0.120. The molecule has 0 saturated carbocycles. The molecule has 94 valence electrons. The summed E-state index contributed by atoms with van der Waals surface area (Å²) in [5.74, 6) is 0.606. The summed E-state index contributed by atoms with van der Waals surface area (Å²) in [6.45, 7) is 6.02. The van der Waals surface area contributed by atoms with Crippen molar-refractivity contribution in [3.8, 4) is 0 Å². The predicted molar refractivity (Wildman–Crippen MR) is 69.9 cm³/mol. The van der Waals surface area contributed by atoms with Crippen LogP contribution >= 0.6 is 0 Å². The highest BCUT2D eigenvalue weighted by Gasteiger charge is 2.12. The summed E-state index contributed by atoms with van der Waals surface area (Å²) in [6, 6.07) is 1.99. The third kappa shape index (κ3) is 3.62. The predicted octanol–water partition coefficient (Wildman–Crippen LogP) is 0.933. The zero-order chi connectivity index (χ0) is 13.0. The monoisotopic (exact) mass is 236 g/mol. The van der Waals surface area contributed by atoms with Crippen LogP contribution in [0.2, 0.25) is 0 Å². The van der Waals surface area contributed by atoms with E-state index >= 15 is 0 Å². The molecule has 0 unspecified atom stereocenters. The van der Waals surface area contributed by atoms with Crippen molar-refractivity contribution in [1.82, 2.24) is 10.3 Å². The number of hydrogen-bond acceptors (Lipinski definition) is 4. The van der Waals surface area contributed by atoms with Crippen LogP contribution in [0.5, 0.6) is 0 Å². The van der Waals surface area contributed by atoms with Crippen LogP contribution in [-0.2, 0) is 4.79 Å². The van der Waals surface area contributed by atoms with Gasteiger partial charge in [0.2, 0.25) is 5.91 Å². The van der Waals surface area contributed by atoms with Crippen LogP contribution in [0.15, 0.2) is 12.3 Å². The molecule has 0 aliphatic carbocycles. The summed E-state index contributed by atoms with van der Waals surface area (Å²) in [6.07, 6.45) is 1.69. The molecule has 0 aliphatic heterocycles. The van der Waals surface area contributed by atoms with Crippen molar-refractivity contribution < 1.29 is 4.79 Å². The smallest absolute Gasteiger partial charge is 0.239 e. The van der Waals surface area contributed by atoms with Gasteiger partial charge in [0.1, 0.15) is 0 Å². The van der Waals surface area contributed by atoms with E-state index in [-0.39, 0.29) is 18.5 Å². The number of likely N-dealkylation sites (N-methyl/N-ethyl adjacent to an activating group) is 1. The first kappa shape index (κ1) is 13.3. The summed E-state index contributed by atoms with van der Waals surface area (Å²) >= 11 is 0. The average molecular weight is 236 g/mol. The van der Waals surface area contributed by atoms with E-state index in [2.05, 4.69) is 10.3 Å². The Morgan fingerprint density at radius 3 is 2.82 bits per heavy atom.